The van der Waals surface area contributed by atoms with Crippen molar-refractivity contribution in [3.05, 3.63) is 107 Å². The van der Waals surface area contributed by atoms with Crippen LogP contribution in [0.25, 0.3) is 0 Å². The first-order chi connectivity index (χ1) is 17.4. The maximum atomic E-state index is 13.9. The Hall–Kier alpha value is -3.48. The van der Waals surface area contributed by atoms with Gasteiger partial charge >= 0.3 is 6.09 Å². The summed E-state index contributed by atoms with van der Waals surface area (Å²) in [5.41, 5.74) is 3.99. The number of carbonyl (C=O) groups is 2. The van der Waals surface area contributed by atoms with Crippen LogP contribution in [0.2, 0.25) is 0 Å². The number of benzene rings is 3. The summed E-state index contributed by atoms with van der Waals surface area (Å²) in [6.45, 7) is 4.20. The molecule has 0 saturated carbocycles. The summed E-state index contributed by atoms with van der Waals surface area (Å²) in [5.74, 6) is -1.32. The molecular formula is C30H33NO5. The lowest BCUT2D eigenvalue weighted by atomic mass is 9.89. The van der Waals surface area contributed by atoms with E-state index in [1.165, 1.54) is 4.90 Å². The van der Waals surface area contributed by atoms with Gasteiger partial charge in [0.15, 0.2) is 0 Å². The number of hydrogen-bond acceptors (Lipinski definition) is 5. The first-order valence-electron chi connectivity index (χ1n) is 12.3. The molecule has 6 nitrogen and oxygen atoms in total. The van der Waals surface area contributed by atoms with E-state index < -0.39 is 36.2 Å². The summed E-state index contributed by atoms with van der Waals surface area (Å²) in [4.78, 5) is 27.7. The molecule has 4 rings (SSSR count). The van der Waals surface area contributed by atoms with E-state index in [9.17, 15) is 14.7 Å². The molecule has 0 aliphatic carbocycles. The van der Waals surface area contributed by atoms with Crippen LogP contribution in [-0.4, -0.2) is 46.9 Å². The van der Waals surface area contributed by atoms with Crippen molar-refractivity contribution in [2.24, 2.45) is 5.92 Å². The minimum atomic E-state index is -1.12. The molecule has 3 aromatic rings. The van der Waals surface area contributed by atoms with Gasteiger partial charge in [-0.1, -0.05) is 90.5 Å². The van der Waals surface area contributed by atoms with Gasteiger partial charge in [-0.05, 0) is 43.4 Å². The number of ether oxygens (including phenoxy) is 2. The molecule has 1 N–H and O–H groups in total. The van der Waals surface area contributed by atoms with E-state index in [0.29, 0.717) is 13.0 Å². The summed E-state index contributed by atoms with van der Waals surface area (Å²) >= 11 is 0. The van der Waals surface area contributed by atoms with Crippen LogP contribution in [0.5, 0.6) is 0 Å². The Morgan fingerprint density at radius 2 is 1.58 bits per heavy atom. The minimum absolute atomic E-state index is 0.132. The summed E-state index contributed by atoms with van der Waals surface area (Å²) in [7, 11) is 0. The topological polar surface area (TPSA) is 76.1 Å². The van der Waals surface area contributed by atoms with Crippen molar-refractivity contribution in [2.75, 3.05) is 6.61 Å². The molecule has 3 aromatic carbocycles. The van der Waals surface area contributed by atoms with Crippen LogP contribution in [0.3, 0.4) is 0 Å². The highest BCUT2D eigenvalue weighted by Gasteiger charge is 2.43. The Morgan fingerprint density at radius 3 is 2.22 bits per heavy atom. The zero-order valence-electron chi connectivity index (χ0n) is 20.7. The van der Waals surface area contributed by atoms with Gasteiger partial charge in [-0.2, -0.15) is 0 Å². The second kappa shape index (κ2) is 12.0. The van der Waals surface area contributed by atoms with Gasteiger partial charge in [-0.15, -0.1) is 0 Å². The van der Waals surface area contributed by atoms with Gasteiger partial charge in [0, 0.05) is 0 Å². The average molecular weight is 488 g/mol. The van der Waals surface area contributed by atoms with Gasteiger partial charge in [0.2, 0.25) is 5.91 Å². The lowest BCUT2D eigenvalue weighted by Crippen LogP contribution is -2.49. The van der Waals surface area contributed by atoms with Crippen molar-refractivity contribution in [1.82, 2.24) is 4.90 Å². The molecule has 1 unspecified atom stereocenters. The van der Waals surface area contributed by atoms with Gasteiger partial charge in [0.1, 0.15) is 6.61 Å². The number of aliphatic hydroxyl groups is 1. The molecule has 2 amide bonds. The molecular weight excluding hydrogens is 454 g/mol. The van der Waals surface area contributed by atoms with Gasteiger partial charge in [-0.3, -0.25) is 4.79 Å². The first-order valence-corrected chi connectivity index (χ1v) is 12.3. The van der Waals surface area contributed by atoms with Crippen molar-refractivity contribution in [2.45, 2.75) is 51.5 Å². The molecule has 0 spiro atoms. The van der Waals surface area contributed by atoms with Crippen LogP contribution >= 0.6 is 0 Å². The van der Waals surface area contributed by atoms with Crippen LogP contribution in [0.4, 0.5) is 4.79 Å². The van der Waals surface area contributed by atoms with Crippen LogP contribution in [0.15, 0.2) is 84.9 Å². The van der Waals surface area contributed by atoms with E-state index >= 15 is 0 Å². The highest BCUT2D eigenvalue weighted by atomic mass is 16.6. The number of cyclic esters (lactones) is 1. The number of carbonyl (C=O) groups excluding carboxylic acids is 2. The molecule has 188 valence electrons. The lowest BCUT2D eigenvalue weighted by Gasteiger charge is -2.31. The van der Waals surface area contributed by atoms with Crippen molar-refractivity contribution >= 4 is 12.0 Å². The Kier molecular flexibility index (Phi) is 8.52. The molecule has 0 aromatic heterocycles. The average Bonchev–Trinajstić information content (AvgIpc) is 3.26. The maximum Gasteiger partial charge on any atom is 0.416 e. The summed E-state index contributed by atoms with van der Waals surface area (Å²) in [6, 6.07) is 26.8. The monoisotopic (exact) mass is 487 g/mol. The maximum absolute atomic E-state index is 13.9. The Labute approximate surface area is 212 Å². The van der Waals surface area contributed by atoms with E-state index in [2.05, 4.69) is 0 Å². The van der Waals surface area contributed by atoms with Gasteiger partial charge < -0.3 is 14.6 Å². The van der Waals surface area contributed by atoms with Crippen molar-refractivity contribution in [3.8, 4) is 0 Å². The molecule has 1 heterocycles. The van der Waals surface area contributed by atoms with Crippen molar-refractivity contribution in [3.63, 3.8) is 0 Å². The van der Waals surface area contributed by atoms with Crippen LogP contribution < -0.4 is 0 Å². The molecule has 1 aliphatic heterocycles. The Bertz CT molecular complexity index is 1130. The third-order valence-electron chi connectivity index (χ3n) is 6.65. The number of imide groups is 1. The zero-order valence-corrected chi connectivity index (χ0v) is 20.7. The highest BCUT2D eigenvalue weighted by molar-refractivity contribution is 5.95. The number of aryl methyl sites for hydroxylation is 1. The summed E-state index contributed by atoms with van der Waals surface area (Å²) < 4.78 is 11.2. The number of nitrogens with zero attached hydrogens (tertiary/aromatic N) is 1. The number of aliphatic hydroxyl groups excluding tert-OH is 1. The number of amides is 2. The molecule has 0 radical (unpaired) electrons. The second-order valence-electron chi connectivity index (χ2n) is 9.42. The largest absolute Gasteiger partial charge is 0.447 e. The summed E-state index contributed by atoms with van der Waals surface area (Å²) in [6.07, 6.45) is -1.64. The molecule has 1 aliphatic rings. The molecule has 36 heavy (non-hydrogen) atoms. The molecule has 1 saturated heterocycles. The molecule has 0 bridgehead atoms. The Morgan fingerprint density at radius 1 is 0.972 bits per heavy atom. The van der Waals surface area contributed by atoms with Crippen LogP contribution in [0.1, 0.15) is 29.2 Å². The van der Waals surface area contributed by atoms with E-state index in [-0.39, 0.29) is 13.0 Å². The fraction of sp³-hybridized carbons (Fsp3) is 0.333. The third-order valence-corrected chi connectivity index (χ3v) is 6.65. The van der Waals surface area contributed by atoms with E-state index in [0.717, 1.165) is 22.3 Å². The number of hydrogen-bond donors (Lipinski definition) is 1. The number of rotatable bonds is 10. The zero-order chi connectivity index (χ0) is 25.5. The smallest absolute Gasteiger partial charge is 0.416 e. The predicted octanol–water partition coefficient (Wildman–Crippen LogP) is 4.71. The fourth-order valence-electron chi connectivity index (χ4n) is 4.51. The minimum Gasteiger partial charge on any atom is -0.447 e. The lowest BCUT2D eigenvalue weighted by molar-refractivity contribution is -0.142. The molecule has 6 heteroatoms. The quantitative estimate of drug-likeness (QED) is 0.448. The van der Waals surface area contributed by atoms with Gasteiger partial charge in [0.25, 0.3) is 0 Å². The summed E-state index contributed by atoms with van der Waals surface area (Å²) in [5, 5.41) is 11.3. The van der Waals surface area contributed by atoms with E-state index in [1.807, 2.05) is 91.9 Å². The standard InChI is InChI=1S/C30H33NO5/c1-21-13-15-24(16-14-21)18-27(28(32)22(2)35-19-25-11-7-4-8-12-25)29(33)31-26(20-36-30(31)34)17-23-9-5-3-6-10-23/h3-16,22,26-28,32H,17-20H2,1-2H3/t22-,26?,27+,28-/m0/s1. The first kappa shape index (κ1) is 25.6. The van der Waals surface area contributed by atoms with Crippen LogP contribution in [0, 0.1) is 12.8 Å². The molecule has 4 atom stereocenters. The van der Waals surface area contributed by atoms with Crippen LogP contribution in [-0.2, 0) is 33.7 Å². The van der Waals surface area contributed by atoms with Gasteiger partial charge in [-0.25, -0.2) is 9.69 Å². The predicted molar refractivity (Wildman–Crippen MR) is 137 cm³/mol. The Balaban J connectivity index is 1.54. The normalized spacial score (nSPS) is 17.9. The SMILES string of the molecule is Cc1ccc(C[C@@H](C(=O)N2C(=O)OCC2Cc2ccccc2)[C@@H](O)[C@H](C)OCc2ccccc2)cc1. The van der Waals surface area contributed by atoms with E-state index in [4.69, 9.17) is 9.47 Å². The third kappa shape index (κ3) is 6.39. The van der Waals surface area contributed by atoms with E-state index in [1.54, 1.807) is 6.92 Å². The van der Waals surface area contributed by atoms with Gasteiger partial charge in [0.05, 0.1) is 30.8 Å². The van der Waals surface area contributed by atoms with Crippen molar-refractivity contribution < 1.29 is 24.2 Å². The highest BCUT2D eigenvalue weighted by Crippen LogP contribution is 2.26. The second-order valence-corrected chi connectivity index (χ2v) is 9.42. The van der Waals surface area contributed by atoms with Crippen molar-refractivity contribution in [1.29, 1.82) is 0 Å². The molecule has 1 fully saturated rings. The fourth-order valence-corrected chi connectivity index (χ4v) is 4.51.